The first-order chi connectivity index (χ1) is 7.95. The first-order valence-corrected chi connectivity index (χ1v) is 7.41. The summed E-state index contributed by atoms with van der Waals surface area (Å²) in [4.78, 5) is 4.18. The molecule has 0 amide bonds. The van der Waals surface area contributed by atoms with Crippen molar-refractivity contribution in [3.05, 3.63) is 18.3 Å². The fraction of sp³-hybridized carbons (Fsp3) is 0.545. The van der Waals surface area contributed by atoms with Crippen molar-refractivity contribution in [1.29, 1.82) is 0 Å². The molecule has 0 spiro atoms. The molecule has 6 heteroatoms. The van der Waals surface area contributed by atoms with Crippen LogP contribution in [0.4, 0.5) is 5.82 Å². The fourth-order valence-corrected chi connectivity index (χ4v) is 2.19. The molecule has 17 heavy (non-hydrogen) atoms. The van der Waals surface area contributed by atoms with Crippen LogP contribution < -0.4 is 5.32 Å². The van der Waals surface area contributed by atoms with Gasteiger partial charge in [-0.2, -0.15) is 0 Å². The molecule has 1 aromatic heterocycles. The molecule has 0 bridgehead atoms. The van der Waals surface area contributed by atoms with Crippen LogP contribution in [0.2, 0.25) is 0 Å². The number of hydrogen-bond donors (Lipinski definition) is 2. The monoisotopic (exact) mass is 258 g/mol. The maximum Gasteiger partial charge on any atom is 0.179 e. The Morgan fingerprint density at radius 3 is 2.82 bits per heavy atom. The second-order valence-electron chi connectivity index (χ2n) is 3.90. The van der Waals surface area contributed by atoms with Gasteiger partial charge < -0.3 is 10.4 Å². The average Bonchev–Trinajstić information content (AvgIpc) is 2.28. The lowest BCUT2D eigenvalue weighted by Crippen LogP contribution is -2.14. The second kappa shape index (κ2) is 5.97. The van der Waals surface area contributed by atoms with E-state index < -0.39 is 9.84 Å². The Morgan fingerprint density at radius 1 is 1.53 bits per heavy atom. The third-order valence-electron chi connectivity index (χ3n) is 2.41. The van der Waals surface area contributed by atoms with E-state index in [-0.39, 0.29) is 11.0 Å². The number of aliphatic hydroxyl groups is 1. The molecule has 0 saturated carbocycles. The molecule has 0 saturated heterocycles. The Kier molecular flexibility index (Phi) is 4.89. The van der Waals surface area contributed by atoms with E-state index >= 15 is 0 Å². The highest BCUT2D eigenvalue weighted by Gasteiger charge is 2.13. The van der Waals surface area contributed by atoms with Crippen LogP contribution >= 0.6 is 0 Å². The number of pyridine rings is 1. The van der Waals surface area contributed by atoms with E-state index in [4.69, 9.17) is 0 Å². The molecular weight excluding hydrogens is 240 g/mol. The summed E-state index contributed by atoms with van der Waals surface area (Å²) in [6.45, 7) is 2.39. The molecule has 0 fully saturated rings. The van der Waals surface area contributed by atoms with Gasteiger partial charge in [0, 0.05) is 19.0 Å². The third-order valence-corrected chi connectivity index (χ3v) is 3.54. The molecule has 0 aliphatic rings. The first-order valence-electron chi connectivity index (χ1n) is 5.52. The normalized spacial score (nSPS) is 13.4. The summed E-state index contributed by atoms with van der Waals surface area (Å²) in [6.07, 6.45) is 3.57. The van der Waals surface area contributed by atoms with Gasteiger partial charge in [-0.25, -0.2) is 13.4 Å². The standard InChI is InChI=1S/C11H18N2O3S/c1-3-9(14)6-8-13-11-10(17(2,15)16)5-4-7-12-11/h4-5,7,9,14H,3,6,8H2,1-2H3,(H,12,13). The van der Waals surface area contributed by atoms with Gasteiger partial charge in [0.2, 0.25) is 0 Å². The minimum absolute atomic E-state index is 0.186. The lowest BCUT2D eigenvalue weighted by Gasteiger charge is -2.11. The number of nitrogens with zero attached hydrogens (tertiary/aromatic N) is 1. The maximum absolute atomic E-state index is 11.5. The van der Waals surface area contributed by atoms with Gasteiger partial charge >= 0.3 is 0 Å². The molecular formula is C11H18N2O3S. The zero-order valence-electron chi connectivity index (χ0n) is 10.0. The van der Waals surface area contributed by atoms with Gasteiger partial charge in [0.1, 0.15) is 10.7 Å². The van der Waals surface area contributed by atoms with E-state index in [1.807, 2.05) is 6.92 Å². The van der Waals surface area contributed by atoms with Crippen molar-refractivity contribution in [3.63, 3.8) is 0 Å². The van der Waals surface area contributed by atoms with Crippen LogP contribution in [0.1, 0.15) is 19.8 Å². The summed E-state index contributed by atoms with van der Waals surface area (Å²) < 4.78 is 23.0. The Bertz CT molecular complexity index is 460. The smallest absolute Gasteiger partial charge is 0.179 e. The number of anilines is 1. The molecule has 0 aliphatic heterocycles. The molecule has 1 heterocycles. The molecule has 2 N–H and O–H groups in total. The van der Waals surface area contributed by atoms with Crippen molar-refractivity contribution in [2.75, 3.05) is 18.1 Å². The molecule has 1 unspecified atom stereocenters. The van der Waals surface area contributed by atoms with Gasteiger partial charge in [-0.05, 0) is 25.0 Å². The van der Waals surface area contributed by atoms with Crippen LogP contribution in [0, 0.1) is 0 Å². The van der Waals surface area contributed by atoms with Gasteiger partial charge in [0.15, 0.2) is 9.84 Å². The van der Waals surface area contributed by atoms with Gasteiger partial charge in [-0.1, -0.05) is 6.92 Å². The highest BCUT2D eigenvalue weighted by Crippen LogP contribution is 2.17. The highest BCUT2D eigenvalue weighted by atomic mass is 32.2. The summed E-state index contributed by atoms with van der Waals surface area (Å²) in [6, 6.07) is 3.10. The van der Waals surface area contributed by atoms with E-state index in [1.165, 1.54) is 12.3 Å². The number of sulfone groups is 1. The Hall–Kier alpha value is -1.14. The van der Waals surface area contributed by atoms with E-state index in [9.17, 15) is 13.5 Å². The van der Waals surface area contributed by atoms with Crippen molar-refractivity contribution in [2.24, 2.45) is 0 Å². The van der Waals surface area contributed by atoms with Crippen LogP contribution in [-0.4, -0.2) is 37.4 Å². The van der Waals surface area contributed by atoms with Crippen LogP contribution in [0.25, 0.3) is 0 Å². The van der Waals surface area contributed by atoms with Gasteiger partial charge in [-0.15, -0.1) is 0 Å². The van der Waals surface area contributed by atoms with Crippen molar-refractivity contribution < 1.29 is 13.5 Å². The molecule has 0 aromatic carbocycles. The summed E-state index contributed by atoms with van der Waals surface area (Å²) in [7, 11) is -3.28. The van der Waals surface area contributed by atoms with E-state index in [1.54, 1.807) is 6.07 Å². The van der Waals surface area contributed by atoms with Crippen LogP contribution in [0.5, 0.6) is 0 Å². The topological polar surface area (TPSA) is 79.3 Å². The average molecular weight is 258 g/mol. The van der Waals surface area contributed by atoms with Crippen molar-refractivity contribution in [2.45, 2.75) is 30.8 Å². The number of aliphatic hydroxyl groups excluding tert-OH is 1. The minimum Gasteiger partial charge on any atom is -0.393 e. The number of rotatable bonds is 6. The number of hydrogen-bond acceptors (Lipinski definition) is 5. The molecule has 1 rings (SSSR count). The van der Waals surface area contributed by atoms with Crippen LogP contribution in [0.15, 0.2) is 23.2 Å². The van der Waals surface area contributed by atoms with E-state index in [2.05, 4.69) is 10.3 Å². The predicted octanol–water partition coefficient (Wildman–Crippen LogP) is 1.06. The molecule has 1 atom stereocenters. The van der Waals surface area contributed by atoms with Crippen LogP contribution in [0.3, 0.4) is 0 Å². The SMILES string of the molecule is CCC(O)CCNc1ncccc1S(C)(=O)=O. The molecule has 5 nitrogen and oxygen atoms in total. The van der Waals surface area contributed by atoms with Gasteiger partial charge in [-0.3, -0.25) is 0 Å². The number of nitrogens with one attached hydrogen (secondary N) is 1. The summed E-state index contributed by atoms with van der Waals surface area (Å²) in [5.41, 5.74) is 0. The lowest BCUT2D eigenvalue weighted by molar-refractivity contribution is 0.164. The van der Waals surface area contributed by atoms with E-state index in [0.29, 0.717) is 25.2 Å². The molecule has 1 aromatic rings. The Balaban J connectivity index is 2.72. The van der Waals surface area contributed by atoms with Crippen molar-refractivity contribution >= 4 is 15.7 Å². The fourth-order valence-electron chi connectivity index (χ4n) is 1.38. The van der Waals surface area contributed by atoms with Crippen molar-refractivity contribution in [3.8, 4) is 0 Å². The second-order valence-corrected chi connectivity index (χ2v) is 5.88. The highest BCUT2D eigenvalue weighted by molar-refractivity contribution is 7.90. The number of aromatic nitrogens is 1. The Labute approximate surface area is 102 Å². The van der Waals surface area contributed by atoms with Crippen LogP contribution in [-0.2, 0) is 9.84 Å². The quantitative estimate of drug-likeness (QED) is 0.797. The van der Waals surface area contributed by atoms with Gasteiger partial charge in [0.25, 0.3) is 0 Å². The third kappa shape index (κ3) is 4.32. The molecule has 96 valence electrons. The maximum atomic E-state index is 11.5. The molecule has 0 aliphatic carbocycles. The largest absolute Gasteiger partial charge is 0.393 e. The zero-order chi connectivity index (χ0) is 12.9. The first kappa shape index (κ1) is 13.9. The lowest BCUT2D eigenvalue weighted by atomic mass is 10.2. The summed E-state index contributed by atoms with van der Waals surface area (Å²) in [5.74, 6) is 0.346. The molecule has 0 radical (unpaired) electrons. The van der Waals surface area contributed by atoms with Gasteiger partial charge in [0.05, 0.1) is 6.10 Å². The predicted molar refractivity (Wildman–Crippen MR) is 66.8 cm³/mol. The summed E-state index contributed by atoms with van der Waals surface area (Å²) >= 11 is 0. The van der Waals surface area contributed by atoms with Crippen molar-refractivity contribution in [1.82, 2.24) is 4.98 Å². The van der Waals surface area contributed by atoms with E-state index in [0.717, 1.165) is 6.26 Å². The Morgan fingerprint density at radius 2 is 2.24 bits per heavy atom. The summed E-state index contributed by atoms with van der Waals surface area (Å²) in [5, 5.41) is 12.3. The zero-order valence-corrected chi connectivity index (χ0v) is 10.9. The minimum atomic E-state index is -3.28.